The van der Waals surface area contributed by atoms with Crippen LogP contribution in [0.4, 0.5) is 0 Å². The Hall–Kier alpha value is -1.79. The number of hydrogen-bond donors (Lipinski definition) is 1. The Morgan fingerprint density at radius 2 is 2.09 bits per heavy atom. The van der Waals surface area contributed by atoms with E-state index in [2.05, 4.69) is 25.3 Å². The fourth-order valence-electron chi connectivity index (χ4n) is 3.03. The molecule has 1 aliphatic rings. The number of hydrogen-bond acceptors (Lipinski definition) is 6. The Bertz CT molecular complexity index is 563. The van der Waals surface area contributed by atoms with Gasteiger partial charge < -0.3 is 9.84 Å². The average Bonchev–Trinajstić information content (AvgIpc) is 2.78. The van der Waals surface area contributed by atoms with E-state index in [4.69, 9.17) is 4.52 Å². The van der Waals surface area contributed by atoms with Crippen molar-refractivity contribution in [2.45, 2.75) is 45.3 Å². The second-order valence-corrected chi connectivity index (χ2v) is 5.92. The fourth-order valence-corrected chi connectivity index (χ4v) is 3.03. The summed E-state index contributed by atoms with van der Waals surface area (Å²) in [5.74, 6) is 0.862. The molecule has 118 valence electrons. The van der Waals surface area contributed by atoms with Crippen LogP contribution >= 0.6 is 0 Å². The van der Waals surface area contributed by atoms with Crippen LogP contribution in [0.5, 0.6) is 0 Å². The molecule has 1 N–H and O–H groups in total. The van der Waals surface area contributed by atoms with Gasteiger partial charge in [0.05, 0.1) is 5.69 Å². The molecule has 0 aliphatic carbocycles. The molecule has 0 amide bonds. The van der Waals surface area contributed by atoms with Crippen LogP contribution in [0, 0.1) is 6.92 Å². The average molecular weight is 301 g/mol. The fraction of sp³-hybridized carbons (Fsp3) is 0.562. The molecular formula is C16H23N5O. The maximum atomic E-state index is 5.21. The van der Waals surface area contributed by atoms with Gasteiger partial charge in [0.25, 0.3) is 0 Å². The van der Waals surface area contributed by atoms with Crippen molar-refractivity contribution >= 4 is 0 Å². The third-order valence-corrected chi connectivity index (χ3v) is 4.10. The van der Waals surface area contributed by atoms with Gasteiger partial charge in [-0.3, -0.25) is 4.90 Å². The first-order chi connectivity index (χ1) is 10.8. The predicted octanol–water partition coefficient (Wildman–Crippen LogP) is 1.92. The molecule has 1 fully saturated rings. The van der Waals surface area contributed by atoms with Gasteiger partial charge in [0.1, 0.15) is 12.1 Å². The van der Waals surface area contributed by atoms with Gasteiger partial charge in [-0.05, 0) is 39.3 Å². The van der Waals surface area contributed by atoms with Crippen molar-refractivity contribution in [2.24, 2.45) is 0 Å². The molecule has 6 nitrogen and oxygen atoms in total. The molecule has 0 aromatic carbocycles. The number of aryl methyl sites for hydroxylation is 1. The minimum absolute atomic E-state index is 0.548. The highest BCUT2D eigenvalue weighted by molar-refractivity contribution is 5.06. The predicted molar refractivity (Wildman–Crippen MR) is 83.0 cm³/mol. The molecule has 0 spiro atoms. The lowest BCUT2D eigenvalue weighted by molar-refractivity contribution is 0.159. The van der Waals surface area contributed by atoms with Crippen molar-refractivity contribution in [1.29, 1.82) is 0 Å². The Labute approximate surface area is 130 Å². The number of nitrogens with one attached hydrogen (secondary N) is 1. The van der Waals surface area contributed by atoms with Gasteiger partial charge in [-0.2, -0.15) is 0 Å². The maximum absolute atomic E-state index is 5.21. The lowest BCUT2D eigenvalue weighted by Crippen LogP contribution is -2.35. The zero-order valence-electron chi connectivity index (χ0n) is 13.0. The largest absolute Gasteiger partial charge is 0.361 e. The van der Waals surface area contributed by atoms with Gasteiger partial charge in [-0.25, -0.2) is 9.97 Å². The minimum atomic E-state index is 0.548. The molecule has 0 bridgehead atoms. The van der Waals surface area contributed by atoms with Gasteiger partial charge in [0.15, 0.2) is 0 Å². The third-order valence-electron chi connectivity index (χ3n) is 4.10. The number of rotatable bonds is 5. The van der Waals surface area contributed by atoms with Gasteiger partial charge in [0.2, 0.25) is 0 Å². The van der Waals surface area contributed by atoms with Crippen molar-refractivity contribution in [3.8, 4) is 0 Å². The Kier molecular flexibility index (Phi) is 5.13. The molecule has 1 unspecified atom stereocenters. The Balaban J connectivity index is 1.74. The minimum Gasteiger partial charge on any atom is -0.361 e. The highest BCUT2D eigenvalue weighted by atomic mass is 16.5. The van der Waals surface area contributed by atoms with Crippen LogP contribution in [0.15, 0.2) is 29.3 Å². The second-order valence-electron chi connectivity index (χ2n) is 5.92. The monoisotopic (exact) mass is 301 g/mol. The van der Waals surface area contributed by atoms with Crippen molar-refractivity contribution in [3.63, 3.8) is 0 Å². The van der Waals surface area contributed by atoms with Crippen LogP contribution in [0.1, 0.15) is 36.3 Å². The van der Waals surface area contributed by atoms with E-state index in [0.717, 1.165) is 49.6 Å². The van der Waals surface area contributed by atoms with Gasteiger partial charge in [0, 0.05) is 43.2 Å². The van der Waals surface area contributed by atoms with Crippen LogP contribution < -0.4 is 5.32 Å². The van der Waals surface area contributed by atoms with Crippen LogP contribution in [-0.4, -0.2) is 39.2 Å². The first kappa shape index (κ1) is 15.1. The van der Waals surface area contributed by atoms with E-state index in [1.165, 1.54) is 12.8 Å². The molecule has 3 heterocycles. The second kappa shape index (κ2) is 7.47. The van der Waals surface area contributed by atoms with Crippen molar-refractivity contribution < 1.29 is 4.52 Å². The van der Waals surface area contributed by atoms with Gasteiger partial charge in [-0.1, -0.05) is 5.16 Å². The van der Waals surface area contributed by atoms with E-state index in [9.17, 15) is 0 Å². The van der Waals surface area contributed by atoms with E-state index in [1.54, 1.807) is 6.33 Å². The normalized spacial score (nSPS) is 19.3. The van der Waals surface area contributed by atoms with Gasteiger partial charge in [-0.15, -0.1) is 0 Å². The summed E-state index contributed by atoms with van der Waals surface area (Å²) in [5, 5.41) is 7.63. The molecule has 1 aliphatic heterocycles. The standard InChI is InChI=1S/C16H23N5O/c1-13-7-15(20-22-13)11-21(10-14-8-18-12-19-9-14)16-3-2-5-17-6-4-16/h7-9,12,16-17H,2-6,10-11H2,1H3. The molecule has 22 heavy (non-hydrogen) atoms. The zero-order chi connectivity index (χ0) is 15.2. The first-order valence-electron chi connectivity index (χ1n) is 7.92. The topological polar surface area (TPSA) is 67.1 Å². The van der Waals surface area contributed by atoms with E-state index in [0.29, 0.717) is 6.04 Å². The van der Waals surface area contributed by atoms with Crippen molar-refractivity contribution in [2.75, 3.05) is 13.1 Å². The molecule has 1 atom stereocenters. The summed E-state index contributed by atoms with van der Waals surface area (Å²) in [6.07, 6.45) is 8.93. The molecule has 2 aromatic rings. The lowest BCUT2D eigenvalue weighted by Gasteiger charge is -2.30. The van der Waals surface area contributed by atoms with E-state index in [1.807, 2.05) is 25.4 Å². The van der Waals surface area contributed by atoms with E-state index in [-0.39, 0.29) is 0 Å². The molecule has 2 aromatic heterocycles. The summed E-state index contributed by atoms with van der Waals surface area (Å²) in [4.78, 5) is 10.7. The maximum Gasteiger partial charge on any atom is 0.133 e. The van der Waals surface area contributed by atoms with Crippen LogP contribution in [0.2, 0.25) is 0 Å². The quantitative estimate of drug-likeness (QED) is 0.910. The van der Waals surface area contributed by atoms with Crippen molar-refractivity contribution in [1.82, 2.24) is 25.3 Å². The molecule has 1 saturated heterocycles. The summed E-state index contributed by atoms with van der Waals surface area (Å²) in [7, 11) is 0. The number of aromatic nitrogens is 3. The van der Waals surface area contributed by atoms with Crippen LogP contribution in [0.25, 0.3) is 0 Å². The molecule has 0 saturated carbocycles. The molecule has 3 rings (SSSR count). The number of nitrogens with zero attached hydrogens (tertiary/aromatic N) is 4. The van der Waals surface area contributed by atoms with Crippen molar-refractivity contribution in [3.05, 3.63) is 41.8 Å². The van der Waals surface area contributed by atoms with E-state index < -0.39 is 0 Å². The highest BCUT2D eigenvalue weighted by Crippen LogP contribution is 2.19. The third kappa shape index (κ3) is 4.11. The summed E-state index contributed by atoms with van der Waals surface area (Å²) in [6, 6.07) is 2.57. The van der Waals surface area contributed by atoms with Crippen LogP contribution in [0.3, 0.4) is 0 Å². The molecule has 6 heteroatoms. The Morgan fingerprint density at radius 1 is 1.23 bits per heavy atom. The van der Waals surface area contributed by atoms with Gasteiger partial charge >= 0.3 is 0 Å². The highest BCUT2D eigenvalue weighted by Gasteiger charge is 2.21. The SMILES string of the molecule is Cc1cc(CN(Cc2cncnc2)C2CCCNCC2)no1. The lowest BCUT2D eigenvalue weighted by atomic mass is 10.1. The summed E-state index contributed by atoms with van der Waals surface area (Å²) in [6.45, 7) is 5.77. The smallest absolute Gasteiger partial charge is 0.133 e. The summed E-state index contributed by atoms with van der Waals surface area (Å²) >= 11 is 0. The zero-order valence-corrected chi connectivity index (χ0v) is 13.0. The first-order valence-corrected chi connectivity index (χ1v) is 7.92. The Morgan fingerprint density at radius 3 is 2.86 bits per heavy atom. The summed E-state index contributed by atoms with van der Waals surface area (Å²) < 4.78 is 5.21. The molecule has 0 radical (unpaired) electrons. The molecular weight excluding hydrogens is 278 g/mol. The van der Waals surface area contributed by atoms with Crippen LogP contribution in [-0.2, 0) is 13.1 Å². The summed E-state index contributed by atoms with van der Waals surface area (Å²) in [5.41, 5.74) is 2.13. The van der Waals surface area contributed by atoms with E-state index >= 15 is 0 Å².